The van der Waals surface area contributed by atoms with Crippen LogP contribution in [0.4, 0.5) is 0 Å². The molecule has 10 nitrogen and oxygen atoms in total. The maximum Gasteiger partial charge on any atom is 0.414 e. The number of aryl methyl sites for hydroxylation is 1. The summed E-state index contributed by atoms with van der Waals surface area (Å²) in [6.45, 7) is 7.19. The Bertz CT molecular complexity index is 1090. The van der Waals surface area contributed by atoms with Crippen molar-refractivity contribution >= 4 is 23.7 Å². The molecule has 0 bridgehead atoms. The summed E-state index contributed by atoms with van der Waals surface area (Å²) in [4.78, 5) is 20.6. The van der Waals surface area contributed by atoms with Crippen molar-refractivity contribution in [2.45, 2.75) is 25.1 Å². The number of thioether (sulfide) groups is 1. The van der Waals surface area contributed by atoms with Gasteiger partial charge in [0.05, 0.1) is 13.2 Å². The Morgan fingerprint density at radius 1 is 1.00 bits per heavy atom. The van der Waals surface area contributed by atoms with Crippen LogP contribution in [-0.4, -0.2) is 80.4 Å². The van der Waals surface area contributed by atoms with E-state index in [9.17, 15) is 0 Å². The van der Waals surface area contributed by atoms with Crippen LogP contribution in [0.3, 0.4) is 0 Å². The van der Waals surface area contributed by atoms with Crippen LogP contribution in [0.1, 0.15) is 18.3 Å². The van der Waals surface area contributed by atoms with E-state index in [1.165, 1.54) is 5.56 Å². The number of aromatic nitrogens is 3. The summed E-state index contributed by atoms with van der Waals surface area (Å²) in [7, 11) is 0. The lowest BCUT2D eigenvalue weighted by Gasteiger charge is -2.26. The Labute approximate surface area is 213 Å². The number of hydrogen-bond acceptors (Lipinski definition) is 8. The Kier molecular flexibility index (Phi) is 10.7. The lowest BCUT2D eigenvalue weighted by molar-refractivity contribution is -0.159. The third-order valence-electron chi connectivity index (χ3n) is 5.34. The standard InChI is InChI=1S/C23H28N4O2S.C2H2O4/c1-2-19-8-10-21(11-9-19)29-18-22-24-25-23(27(22)20-6-4-3-5-7-20)30-17-14-26-12-15-28-16-13-26;3-1(4)2(5)6/h3-11H,2,12-18H2,1H3;(H,3,4)(H,5,6). The molecular weight excluding hydrogens is 484 g/mol. The number of para-hydroxylation sites is 1. The second kappa shape index (κ2) is 14.2. The fourth-order valence-corrected chi connectivity index (χ4v) is 4.35. The van der Waals surface area contributed by atoms with Crippen molar-refractivity contribution in [1.29, 1.82) is 0 Å². The van der Waals surface area contributed by atoms with Crippen molar-refractivity contribution in [3.63, 3.8) is 0 Å². The molecule has 1 aromatic heterocycles. The van der Waals surface area contributed by atoms with E-state index in [1.807, 2.05) is 30.3 Å². The molecule has 1 aliphatic heterocycles. The van der Waals surface area contributed by atoms with Gasteiger partial charge in [-0.15, -0.1) is 10.2 Å². The van der Waals surface area contributed by atoms with Crippen molar-refractivity contribution in [2.75, 3.05) is 38.6 Å². The zero-order valence-corrected chi connectivity index (χ0v) is 20.9. The van der Waals surface area contributed by atoms with Gasteiger partial charge < -0.3 is 19.7 Å². The van der Waals surface area contributed by atoms with E-state index in [2.05, 4.69) is 50.9 Å². The fraction of sp³-hybridized carbons (Fsp3) is 0.360. The molecule has 36 heavy (non-hydrogen) atoms. The van der Waals surface area contributed by atoms with Gasteiger partial charge >= 0.3 is 11.9 Å². The Morgan fingerprint density at radius 3 is 2.28 bits per heavy atom. The highest BCUT2D eigenvalue weighted by atomic mass is 32.2. The number of carboxylic acid groups (broad SMARTS) is 2. The zero-order chi connectivity index (χ0) is 25.8. The molecule has 0 spiro atoms. The first-order chi connectivity index (χ1) is 17.5. The number of ether oxygens (including phenoxy) is 2. The minimum atomic E-state index is -1.82. The molecule has 11 heteroatoms. The lowest BCUT2D eigenvalue weighted by atomic mass is 10.2. The maximum atomic E-state index is 9.10. The molecule has 1 fully saturated rings. The van der Waals surface area contributed by atoms with Crippen LogP contribution < -0.4 is 4.74 Å². The molecule has 2 aromatic carbocycles. The van der Waals surface area contributed by atoms with Crippen molar-refractivity contribution in [1.82, 2.24) is 19.7 Å². The van der Waals surface area contributed by atoms with Gasteiger partial charge in [0, 0.05) is 31.1 Å². The average Bonchev–Trinajstić information content (AvgIpc) is 3.32. The van der Waals surface area contributed by atoms with E-state index in [0.29, 0.717) is 6.61 Å². The van der Waals surface area contributed by atoms with Gasteiger partial charge in [-0.2, -0.15) is 0 Å². The molecule has 1 aliphatic rings. The topological polar surface area (TPSA) is 127 Å². The number of hydrogen-bond donors (Lipinski definition) is 2. The van der Waals surface area contributed by atoms with Crippen LogP contribution in [0.2, 0.25) is 0 Å². The highest BCUT2D eigenvalue weighted by Crippen LogP contribution is 2.23. The second-order valence-electron chi connectivity index (χ2n) is 7.77. The van der Waals surface area contributed by atoms with Crippen LogP contribution in [0.5, 0.6) is 5.75 Å². The van der Waals surface area contributed by atoms with Crippen molar-refractivity contribution in [3.8, 4) is 11.4 Å². The third kappa shape index (κ3) is 8.36. The molecule has 1 saturated heterocycles. The molecule has 0 atom stereocenters. The minimum absolute atomic E-state index is 0.372. The summed E-state index contributed by atoms with van der Waals surface area (Å²) in [5, 5.41) is 24.6. The molecule has 0 saturated carbocycles. The number of rotatable bonds is 9. The van der Waals surface area contributed by atoms with Crippen molar-refractivity contribution < 1.29 is 29.3 Å². The SMILES string of the molecule is CCc1ccc(OCc2nnc(SCCN3CCOCC3)n2-c2ccccc2)cc1.O=C(O)C(=O)O. The average molecular weight is 515 g/mol. The Hall–Kier alpha value is -3.41. The predicted octanol–water partition coefficient (Wildman–Crippen LogP) is 2.99. The van der Waals surface area contributed by atoms with Crippen LogP contribution >= 0.6 is 11.8 Å². The first-order valence-electron chi connectivity index (χ1n) is 11.6. The van der Waals surface area contributed by atoms with E-state index in [1.54, 1.807) is 11.8 Å². The first kappa shape index (κ1) is 27.2. The fourth-order valence-electron chi connectivity index (χ4n) is 3.38. The molecule has 2 heterocycles. The van der Waals surface area contributed by atoms with Gasteiger partial charge in [0.15, 0.2) is 11.0 Å². The minimum Gasteiger partial charge on any atom is -0.486 e. The van der Waals surface area contributed by atoms with E-state index in [0.717, 1.165) is 67.4 Å². The molecule has 192 valence electrons. The second-order valence-corrected chi connectivity index (χ2v) is 8.83. The lowest BCUT2D eigenvalue weighted by Crippen LogP contribution is -2.37. The molecule has 2 N–H and O–H groups in total. The summed E-state index contributed by atoms with van der Waals surface area (Å²) in [6, 6.07) is 18.5. The number of carboxylic acids is 2. The van der Waals surface area contributed by atoms with Gasteiger partial charge in [-0.05, 0) is 36.2 Å². The van der Waals surface area contributed by atoms with Crippen molar-refractivity contribution in [3.05, 3.63) is 66.0 Å². The molecule has 0 radical (unpaired) electrons. The normalized spacial score (nSPS) is 13.5. The predicted molar refractivity (Wildman–Crippen MR) is 135 cm³/mol. The van der Waals surface area contributed by atoms with E-state index < -0.39 is 11.9 Å². The van der Waals surface area contributed by atoms with Gasteiger partial charge in [-0.25, -0.2) is 9.59 Å². The van der Waals surface area contributed by atoms with Crippen molar-refractivity contribution in [2.24, 2.45) is 0 Å². The zero-order valence-electron chi connectivity index (χ0n) is 20.1. The summed E-state index contributed by atoms with van der Waals surface area (Å²) in [5.74, 6) is -1.04. The smallest absolute Gasteiger partial charge is 0.414 e. The van der Waals surface area contributed by atoms with Gasteiger partial charge in [0.1, 0.15) is 12.4 Å². The summed E-state index contributed by atoms with van der Waals surface area (Å²) in [6.07, 6.45) is 1.02. The maximum absolute atomic E-state index is 9.10. The molecule has 0 unspecified atom stereocenters. The number of nitrogens with zero attached hydrogens (tertiary/aromatic N) is 4. The van der Waals surface area contributed by atoms with Crippen LogP contribution in [-0.2, 0) is 27.4 Å². The number of aliphatic carboxylic acids is 2. The van der Waals surface area contributed by atoms with E-state index in [4.69, 9.17) is 29.3 Å². The van der Waals surface area contributed by atoms with Crippen LogP contribution in [0, 0.1) is 0 Å². The molecule has 4 rings (SSSR count). The highest BCUT2D eigenvalue weighted by molar-refractivity contribution is 7.99. The van der Waals surface area contributed by atoms with Crippen LogP contribution in [0.25, 0.3) is 5.69 Å². The number of carbonyl (C=O) groups is 2. The highest BCUT2D eigenvalue weighted by Gasteiger charge is 2.16. The Balaban J connectivity index is 0.000000538. The largest absolute Gasteiger partial charge is 0.486 e. The monoisotopic (exact) mass is 514 g/mol. The molecule has 3 aromatic rings. The summed E-state index contributed by atoms with van der Waals surface area (Å²) >= 11 is 1.73. The van der Waals surface area contributed by atoms with E-state index >= 15 is 0 Å². The summed E-state index contributed by atoms with van der Waals surface area (Å²) < 4.78 is 13.5. The molecule has 0 aliphatic carbocycles. The summed E-state index contributed by atoms with van der Waals surface area (Å²) in [5.41, 5.74) is 2.35. The van der Waals surface area contributed by atoms with Gasteiger partial charge in [0.2, 0.25) is 0 Å². The Morgan fingerprint density at radius 2 is 1.67 bits per heavy atom. The molecular formula is C25H30N4O6S. The first-order valence-corrected chi connectivity index (χ1v) is 12.6. The molecule has 0 amide bonds. The van der Waals surface area contributed by atoms with Crippen LogP contribution in [0.15, 0.2) is 59.8 Å². The van der Waals surface area contributed by atoms with E-state index in [-0.39, 0.29) is 0 Å². The van der Waals surface area contributed by atoms with Gasteiger partial charge in [0.25, 0.3) is 0 Å². The van der Waals surface area contributed by atoms with Gasteiger partial charge in [-0.3, -0.25) is 9.47 Å². The number of morpholine rings is 1. The van der Waals surface area contributed by atoms with Gasteiger partial charge in [-0.1, -0.05) is 49.0 Å². The quantitative estimate of drug-likeness (QED) is 0.325. The number of benzene rings is 2. The third-order valence-corrected chi connectivity index (χ3v) is 6.25.